The molecule has 0 amide bonds. The van der Waals surface area contributed by atoms with Gasteiger partial charge in [0.15, 0.2) is 0 Å². The van der Waals surface area contributed by atoms with E-state index in [1.807, 2.05) is 0 Å². The molecule has 0 unspecified atom stereocenters. The number of benzene rings is 1. The lowest BCUT2D eigenvalue weighted by Crippen LogP contribution is -2.19. The van der Waals surface area contributed by atoms with Gasteiger partial charge in [-0.2, -0.15) is 0 Å². The molecule has 1 aromatic carbocycles. The fourth-order valence-corrected chi connectivity index (χ4v) is 1.86. The van der Waals surface area contributed by atoms with Crippen LogP contribution < -0.4 is 9.46 Å². The number of hydrogen-bond acceptors (Lipinski definition) is 3. The van der Waals surface area contributed by atoms with E-state index in [2.05, 4.69) is 25.5 Å². The zero-order valence-corrected chi connectivity index (χ0v) is 11.5. The van der Waals surface area contributed by atoms with Crippen LogP contribution in [0.4, 0.5) is 0 Å². The van der Waals surface area contributed by atoms with Gasteiger partial charge >= 0.3 is 0 Å². The summed E-state index contributed by atoms with van der Waals surface area (Å²) in [5.74, 6) is 0.676. The maximum atomic E-state index is 11.5. The van der Waals surface area contributed by atoms with Crippen molar-refractivity contribution in [2.24, 2.45) is 5.41 Å². The number of hydrogen-bond donors (Lipinski definition) is 1. The highest BCUT2D eigenvalue weighted by Gasteiger charge is 2.13. The van der Waals surface area contributed by atoms with Crippen molar-refractivity contribution >= 4 is 10.0 Å². The Morgan fingerprint density at radius 1 is 1.18 bits per heavy atom. The Morgan fingerprint density at radius 3 is 2.12 bits per heavy atom. The third-order valence-corrected chi connectivity index (χ3v) is 3.50. The molecule has 0 bridgehead atoms. The van der Waals surface area contributed by atoms with Gasteiger partial charge in [-0.1, -0.05) is 20.8 Å². The van der Waals surface area contributed by atoms with Crippen LogP contribution >= 0.6 is 0 Å². The second-order valence-corrected chi connectivity index (χ2v) is 6.91. The summed E-state index contributed by atoms with van der Waals surface area (Å²) in [6.45, 7) is 6.82. The third-order valence-electron chi connectivity index (χ3n) is 2.07. The normalized spacial score (nSPS) is 12.5. The first kappa shape index (κ1) is 14.0. The van der Waals surface area contributed by atoms with E-state index in [0.717, 1.165) is 0 Å². The summed E-state index contributed by atoms with van der Waals surface area (Å²) in [4.78, 5) is 0.239. The molecular weight excluding hydrogens is 238 g/mol. The Bertz CT molecular complexity index is 458. The SMILES string of the molecule is CNS(=O)(=O)c1ccc(OCC(C)(C)C)cc1. The Kier molecular flexibility index (Phi) is 4.16. The van der Waals surface area contributed by atoms with Gasteiger partial charge in [-0.25, -0.2) is 13.1 Å². The second kappa shape index (κ2) is 5.06. The predicted molar refractivity (Wildman–Crippen MR) is 67.6 cm³/mol. The Morgan fingerprint density at radius 2 is 1.71 bits per heavy atom. The van der Waals surface area contributed by atoms with E-state index in [0.29, 0.717) is 12.4 Å². The molecule has 0 heterocycles. The molecule has 0 fully saturated rings. The van der Waals surface area contributed by atoms with Crippen LogP contribution in [0.1, 0.15) is 20.8 Å². The summed E-state index contributed by atoms with van der Waals surface area (Å²) < 4.78 is 30.8. The van der Waals surface area contributed by atoms with Gasteiger partial charge in [-0.15, -0.1) is 0 Å². The highest BCUT2D eigenvalue weighted by atomic mass is 32.2. The van der Waals surface area contributed by atoms with E-state index >= 15 is 0 Å². The molecular formula is C12H19NO3S. The summed E-state index contributed by atoms with van der Waals surface area (Å²) in [5, 5.41) is 0. The van der Waals surface area contributed by atoms with Gasteiger partial charge in [0.25, 0.3) is 0 Å². The molecule has 5 heteroatoms. The fraction of sp³-hybridized carbons (Fsp3) is 0.500. The quantitative estimate of drug-likeness (QED) is 0.897. The number of ether oxygens (including phenoxy) is 1. The second-order valence-electron chi connectivity index (χ2n) is 5.03. The first-order chi connectivity index (χ1) is 7.74. The van der Waals surface area contributed by atoms with Crippen LogP contribution in [-0.4, -0.2) is 22.1 Å². The molecule has 96 valence electrons. The zero-order valence-electron chi connectivity index (χ0n) is 10.6. The maximum Gasteiger partial charge on any atom is 0.240 e. The van der Waals surface area contributed by atoms with E-state index < -0.39 is 10.0 Å². The average Bonchev–Trinajstić information content (AvgIpc) is 2.26. The summed E-state index contributed by atoms with van der Waals surface area (Å²) in [6.07, 6.45) is 0. The highest BCUT2D eigenvalue weighted by Crippen LogP contribution is 2.19. The minimum absolute atomic E-state index is 0.0791. The molecule has 4 nitrogen and oxygen atoms in total. The van der Waals surface area contributed by atoms with Crippen molar-refractivity contribution < 1.29 is 13.2 Å². The van der Waals surface area contributed by atoms with Gasteiger partial charge in [-0.3, -0.25) is 0 Å². The van der Waals surface area contributed by atoms with Crippen LogP contribution in [0.5, 0.6) is 5.75 Å². The molecule has 0 saturated carbocycles. The topological polar surface area (TPSA) is 55.4 Å². The van der Waals surface area contributed by atoms with Crippen LogP contribution in [0.2, 0.25) is 0 Å². The zero-order chi connectivity index (χ0) is 13.1. The van der Waals surface area contributed by atoms with E-state index in [1.165, 1.54) is 19.2 Å². The molecule has 0 saturated heterocycles. The number of nitrogens with one attached hydrogen (secondary N) is 1. The molecule has 0 spiro atoms. The molecule has 0 aliphatic heterocycles. The molecule has 0 aliphatic rings. The minimum atomic E-state index is -3.36. The number of sulfonamides is 1. The van der Waals surface area contributed by atoms with Gasteiger partial charge < -0.3 is 4.74 Å². The fourth-order valence-electron chi connectivity index (χ4n) is 1.13. The van der Waals surface area contributed by atoms with Crippen molar-refractivity contribution in [1.82, 2.24) is 4.72 Å². The first-order valence-corrected chi connectivity index (χ1v) is 6.89. The smallest absolute Gasteiger partial charge is 0.240 e. The van der Waals surface area contributed by atoms with Crippen molar-refractivity contribution in [3.63, 3.8) is 0 Å². The van der Waals surface area contributed by atoms with Crippen LogP contribution in [0.15, 0.2) is 29.2 Å². The van der Waals surface area contributed by atoms with Crippen molar-refractivity contribution in [1.29, 1.82) is 0 Å². The van der Waals surface area contributed by atoms with Gasteiger partial charge in [-0.05, 0) is 36.7 Å². The Balaban J connectivity index is 2.76. The minimum Gasteiger partial charge on any atom is -0.493 e. The van der Waals surface area contributed by atoms with E-state index in [-0.39, 0.29) is 10.3 Å². The third kappa shape index (κ3) is 4.36. The molecule has 1 aromatic rings. The summed E-state index contributed by atoms with van der Waals surface area (Å²) in [6, 6.07) is 6.39. The Labute approximate surface area is 103 Å². The summed E-state index contributed by atoms with van der Waals surface area (Å²) in [7, 11) is -1.98. The molecule has 0 aromatic heterocycles. The van der Waals surface area contributed by atoms with Crippen molar-refractivity contribution in [2.45, 2.75) is 25.7 Å². The summed E-state index contributed by atoms with van der Waals surface area (Å²) >= 11 is 0. The van der Waals surface area contributed by atoms with Gasteiger partial charge in [0.2, 0.25) is 10.0 Å². The lowest BCUT2D eigenvalue weighted by molar-refractivity contribution is 0.198. The van der Waals surface area contributed by atoms with Crippen molar-refractivity contribution in [3.05, 3.63) is 24.3 Å². The van der Waals surface area contributed by atoms with Crippen LogP contribution in [0.3, 0.4) is 0 Å². The molecule has 0 radical (unpaired) electrons. The standard InChI is InChI=1S/C12H19NO3S/c1-12(2,3)9-16-10-5-7-11(8-6-10)17(14,15)13-4/h5-8,13H,9H2,1-4H3. The number of rotatable bonds is 4. The highest BCUT2D eigenvalue weighted by molar-refractivity contribution is 7.89. The lowest BCUT2D eigenvalue weighted by atomic mass is 9.99. The van der Waals surface area contributed by atoms with Gasteiger partial charge in [0.05, 0.1) is 11.5 Å². The molecule has 1 rings (SSSR count). The van der Waals surface area contributed by atoms with Crippen LogP contribution in [-0.2, 0) is 10.0 Å². The lowest BCUT2D eigenvalue weighted by Gasteiger charge is -2.18. The largest absolute Gasteiger partial charge is 0.493 e. The average molecular weight is 257 g/mol. The predicted octanol–water partition coefficient (Wildman–Crippen LogP) is 2.02. The van der Waals surface area contributed by atoms with Crippen molar-refractivity contribution in [3.8, 4) is 5.75 Å². The van der Waals surface area contributed by atoms with Gasteiger partial charge in [0.1, 0.15) is 5.75 Å². The maximum absolute atomic E-state index is 11.5. The molecule has 17 heavy (non-hydrogen) atoms. The Hall–Kier alpha value is -1.07. The van der Waals surface area contributed by atoms with Gasteiger partial charge in [0, 0.05) is 0 Å². The molecule has 0 atom stereocenters. The summed E-state index contributed by atoms with van der Waals surface area (Å²) in [5.41, 5.74) is 0.0791. The molecule has 0 aliphatic carbocycles. The molecule has 1 N–H and O–H groups in total. The van der Waals surface area contributed by atoms with Crippen LogP contribution in [0.25, 0.3) is 0 Å². The van der Waals surface area contributed by atoms with Crippen LogP contribution in [0, 0.1) is 5.41 Å². The van der Waals surface area contributed by atoms with E-state index in [9.17, 15) is 8.42 Å². The first-order valence-electron chi connectivity index (χ1n) is 5.41. The van der Waals surface area contributed by atoms with E-state index in [1.54, 1.807) is 12.1 Å². The monoisotopic (exact) mass is 257 g/mol. The van der Waals surface area contributed by atoms with Crippen molar-refractivity contribution in [2.75, 3.05) is 13.7 Å². The van der Waals surface area contributed by atoms with E-state index in [4.69, 9.17) is 4.74 Å².